The van der Waals surface area contributed by atoms with Crippen molar-refractivity contribution >= 4 is 5.78 Å². The highest BCUT2D eigenvalue weighted by molar-refractivity contribution is 5.77. The molecule has 0 aliphatic carbocycles. The lowest BCUT2D eigenvalue weighted by Gasteiger charge is -2.41. The van der Waals surface area contributed by atoms with Crippen LogP contribution < -0.4 is 9.47 Å². The minimum absolute atomic E-state index is 0.165. The molecular weight excluding hydrogens is 232 g/mol. The molecule has 0 aromatic heterocycles. The van der Waals surface area contributed by atoms with Gasteiger partial charge in [-0.3, -0.25) is 4.79 Å². The maximum atomic E-state index is 11.4. The van der Waals surface area contributed by atoms with Crippen molar-refractivity contribution in [2.75, 3.05) is 26.4 Å². The van der Waals surface area contributed by atoms with E-state index in [1.54, 1.807) is 6.92 Å². The number of carbonyl (C=O) groups is 1. The average molecular weight is 248 g/mol. The monoisotopic (exact) mass is 248 g/mol. The van der Waals surface area contributed by atoms with E-state index in [9.17, 15) is 4.79 Å². The van der Waals surface area contributed by atoms with Crippen molar-refractivity contribution in [3.63, 3.8) is 0 Å². The molecule has 0 saturated carbocycles. The van der Waals surface area contributed by atoms with Gasteiger partial charge in [0, 0.05) is 11.8 Å². The van der Waals surface area contributed by atoms with E-state index >= 15 is 0 Å². The second-order valence-electron chi connectivity index (χ2n) is 5.01. The zero-order chi connectivity index (χ0) is 12.6. The van der Waals surface area contributed by atoms with Crippen LogP contribution in [0.4, 0.5) is 0 Å². The Morgan fingerprint density at radius 1 is 1.22 bits per heavy atom. The number of hydrogen-bond donors (Lipinski definition) is 0. The molecule has 1 aromatic rings. The van der Waals surface area contributed by atoms with Gasteiger partial charge in [-0.05, 0) is 24.6 Å². The molecule has 2 aliphatic rings. The zero-order valence-corrected chi connectivity index (χ0v) is 10.4. The molecule has 1 saturated heterocycles. The molecule has 0 unspecified atom stereocenters. The highest BCUT2D eigenvalue weighted by Crippen LogP contribution is 2.40. The molecule has 0 spiro atoms. The molecule has 18 heavy (non-hydrogen) atoms. The lowest BCUT2D eigenvalue weighted by molar-refractivity contribution is -0.125. The lowest BCUT2D eigenvalue weighted by atomic mass is 9.75. The van der Waals surface area contributed by atoms with Gasteiger partial charge in [0.2, 0.25) is 0 Å². The molecule has 2 aliphatic heterocycles. The summed E-state index contributed by atoms with van der Waals surface area (Å²) in [6.07, 6.45) is 0.520. The van der Waals surface area contributed by atoms with E-state index in [1.165, 1.54) is 0 Å². The van der Waals surface area contributed by atoms with E-state index in [4.69, 9.17) is 14.2 Å². The van der Waals surface area contributed by atoms with Gasteiger partial charge in [-0.1, -0.05) is 6.07 Å². The Hall–Kier alpha value is -1.55. The van der Waals surface area contributed by atoms with Gasteiger partial charge in [-0.2, -0.15) is 0 Å². The number of ketones is 1. The van der Waals surface area contributed by atoms with E-state index < -0.39 is 0 Å². The van der Waals surface area contributed by atoms with E-state index in [2.05, 4.69) is 0 Å². The van der Waals surface area contributed by atoms with Gasteiger partial charge in [0.15, 0.2) is 11.5 Å². The summed E-state index contributed by atoms with van der Waals surface area (Å²) >= 11 is 0. The van der Waals surface area contributed by atoms with Crippen LogP contribution in [0.3, 0.4) is 0 Å². The molecule has 0 N–H and O–H groups in total. The fraction of sp³-hybridized carbons (Fsp3) is 0.500. The summed E-state index contributed by atoms with van der Waals surface area (Å²) in [5, 5.41) is 0. The van der Waals surface area contributed by atoms with Crippen LogP contribution in [0.5, 0.6) is 11.5 Å². The summed E-state index contributed by atoms with van der Waals surface area (Å²) in [4.78, 5) is 11.4. The van der Waals surface area contributed by atoms with Crippen LogP contribution in [-0.4, -0.2) is 32.2 Å². The quantitative estimate of drug-likeness (QED) is 0.816. The molecule has 4 heteroatoms. The SMILES string of the molecule is CC(=O)CC1(c2ccc3c(c2)OCCO3)COC1. The number of ether oxygens (including phenoxy) is 3. The molecule has 3 rings (SSSR count). The Kier molecular flexibility index (Phi) is 2.74. The number of hydrogen-bond acceptors (Lipinski definition) is 4. The van der Waals surface area contributed by atoms with Crippen LogP contribution >= 0.6 is 0 Å². The Morgan fingerprint density at radius 3 is 2.56 bits per heavy atom. The largest absolute Gasteiger partial charge is 0.486 e. The van der Waals surface area contributed by atoms with E-state index in [0.29, 0.717) is 32.8 Å². The zero-order valence-electron chi connectivity index (χ0n) is 10.4. The molecule has 96 valence electrons. The molecule has 0 amide bonds. The summed E-state index contributed by atoms with van der Waals surface area (Å²) < 4.78 is 16.4. The molecule has 2 heterocycles. The topological polar surface area (TPSA) is 44.8 Å². The predicted octanol–water partition coefficient (Wildman–Crippen LogP) is 1.70. The summed E-state index contributed by atoms with van der Waals surface area (Å²) in [7, 11) is 0. The van der Waals surface area contributed by atoms with Gasteiger partial charge < -0.3 is 14.2 Å². The molecule has 1 aromatic carbocycles. The fourth-order valence-corrected chi connectivity index (χ4v) is 2.57. The fourth-order valence-electron chi connectivity index (χ4n) is 2.57. The summed E-state index contributed by atoms with van der Waals surface area (Å²) in [6, 6.07) is 5.92. The number of Topliss-reactive ketones (excluding diaryl/α,β-unsaturated/α-hetero) is 1. The van der Waals surface area contributed by atoms with Crippen LogP contribution in [0.25, 0.3) is 0 Å². The van der Waals surface area contributed by atoms with Crippen molar-refractivity contribution in [2.24, 2.45) is 0 Å². The smallest absolute Gasteiger partial charge is 0.161 e. The lowest BCUT2D eigenvalue weighted by Crippen LogP contribution is -2.48. The van der Waals surface area contributed by atoms with Crippen LogP contribution in [0, 0.1) is 0 Å². The van der Waals surface area contributed by atoms with Crippen LogP contribution in [-0.2, 0) is 14.9 Å². The van der Waals surface area contributed by atoms with Crippen molar-refractivity contribution in [1.82, 2.24) is 0 Å². The molecule has 4 nitrogen and oxygen atoms in total. The van der Waals surface area contributed by atoms with E-state index in [1.807, 2.05) is 18.2 Å². The van der Waals surface area contributed by atoms with Crippen molar-refractivity contribution in [2.45, 2.75) is 18.8 Å². The van der Waals surface area contributed by atoms with Gasteiger partial charge >= 0.3 is 0 Å². The molecule has 1 fully saturated rings. The number of carbonyl (C=O) groups excluding carboxylic acids is 1. The first-order valence-corrected chi connectivity index (χ1v) is 6.17. The number of benzene rings is 1. The molecule has 0 radical (unpaired) electrons. The van der Waals surface area contributed by atoms with Crippen molar-refractivity contribution in [3.8, 4) is 11.5 Å². The maximum absolute atomic E-state index is 11.4. The second kappa shape index (κ2) is 4.28. The second-order valence-corrected chi connectivity index (χ2v) is 5.01. The van der Waals surface area contributed by atoms with Gasteiger partial charge in [-0.15, -0.1) is 0 Å². The third-order valence-electron chi connectivity index (χ3n) is 3.50. The van der Waals surface area contributed by atoms with E-state index in [-0.39, 0.29) is 11.2 Å². The van der Waals surface area contributed by atoms with Crippen LogP contribution in [0.2, 0.25) is 0 Å². The first-order valence-electron chi connectivity index (χ1n) is 6.17. The Labute approximate surface area is 106 Å². The highest BCUT2D eigenvalue weighted by atomic mass is 16.6. The minimum atomic E-state index is -0.165. The maximum Gasteiger partial charge on any atom is 0.161 e. The highest BCUT2D eigenvalue weighted by Gasteiger charge is 2.41. The Morgan fingerprint density at radius 2 is 1.94 bits per heavy atom. The van der Waals surface area contributed by atoms with Crippen LogP contribution in [0.15, 0.2) is 18.2 Å². The molecular formula is C14H16O4. The Bertz CT molecular complexity index is 477. The number of rotatable bonds is 3. The molecule has 0 atom stereocenters. The predicted molar refractivity (Wildman–Crippen MR) is 65.2 cm³/mol. The van der Waals surface area contributed by atoms with Gasteiger partial charge in [0.1, 0.15) is 19.0 Å². The first kappa shape index (κ1) is 11.5. The number of fused-ring (bicyclic) bond motifs is 1. The van der Waals surface area contributed by atoms with Gasteiger partial charge in [-0.25, -0.2) is 0 Å². The van der Waals surface area contributed by atoms with Crippen molar-refractivity contribution in [3.05, 3.63) is 23.8 Å². The normalized spacial score (nSPS) is 20.1. The third-order valence-corrected chi connectivity index (χ3v) is 3.50. The average Bonchev–Trinajstić information content (AvgIpc) is 2.33. The van der Waals surface area contributed by atoms with Gasteiger partial charge in [0.05, 0.1) is 13.2 Å². The summed E-state index contributed by atoms with van der Waals surface area (Å²) in [5.74, 6) is 1.74. The summed E-state index contributed by atoms with van der Waals surface area (Å²) in [5.41, 5.74) is 0.940. The standard InChI is InChI=1S/C14H16O4/c1-10(15)7-14(8-16-9-14)11-2-3-12-13(6-11)18-5-4-17-12/h2-3,6H,4-5,7-9H2,1H3. The summed E-state index contributed by atoms with van der Waals surface area (Å²) in [6.45, 7) is 4.00. The third kappa shape index (κ3) is 1.86. The van der Waals surface area contributed by atoms with Gasteiger partial charge in [0.25, 0.3) is 0 Å². The van der Waals surface area contributed by atoms with Crippen molar-refractivity contribution in [1.29, 1.82) is 0 Å². The van der Waals surface area contributed by atoms with Crippen molar-refractivity contribution < 1.29 is 19.0 Å². The van der Waals surface area contributed by atoms with E-state index in [0.717, 1.165) is 17.1 Å². The Balaban J connectivity index is 1.93. The first-order chi connectivity index (χ1) is 8.70. The van der Waals surface area contributed by atoms with Crippen LogP contribution in [0.1, 0.15) is 18.9 Å². The minimum Gasteiger partial charge on any atom is -0.486 e. The molecule has 0 bridgehead atoms.